The van der Waals surface area contributed by atoms with E-state index in [-0.39, 0.29) is 24.5 Å². The Balaban J connectivity index is 1.97. The van der Waals surface area contributed by atoms with Crippen LogP contribution in [-0.4, -0.2) is 40.8 Å². The highest BCUT2D eigenvalue weighted by molar-refractivity contribution is 5.69. The Hall–Kier alpha value is -1.85. The zero-order chi connectivity index (χ0) is 16.3. The lowest BCUT2D eigenvalue weighted by Crippen LogP contribution is -2.42. The molecule has 122 valence electrons. The van der Waals surface area contributed by atoms with E-state index in [1.54, 1.807) is 11.0 Å². The maximum atomic E-state index is 13.6. The average Bonchev–Trinajstić information content (AvgIpc) is 2.86. The van der Waals surface area contributed by atoms with Crippen LogP contribution in [0.15, 0.2) is 12.3 Å². The van der Waals surface area contributed by atoms with Crippen molar-refractivity contribution in [2.24, 2.45) is 0 Å². The number of carbonyl (C=O) groups excluding carboxylic acids is 1. The largest absolute Gasteiger partial charge is 0.487 e. The van der Waals surface area contributed by atoms with Crippen molar-refractivity contribution < 1.29 is 18.7 Å². The highest BCUT2D eigenvalue weighted by Crippen LogP contribution is 2.23. The topological polar surface area (TPSA) is 51.7 Å². The van der Waals surface area contributed by atoms with Gasteiger partial charge in [-0.25, -0.2) is 9.78 Å². The Labute approximate surface area is 130 Å². The maximum Gasteiger partial charge on any atom is 0.410 e. The molecule has 0 aromatic carbocycles. The summed E-state index contributed by atoms with van der Waals surface area (Å²) in [6.07, 6.45) is 2.81. The highest BCUT2D eigenvalue weighted by Gasteiger charge is 2.32. The van der Waals surface area contributed by atoms with Crippen molar-refractivity contribution in [1.82, 2.24) is 9.88 Å². The van der Waals surface area contributed by atoms with Gasteiger partial charge in [0.25, 0.3) is 5.95 Å². The van der Waals surface area contributed by atoms with Gasteiger partial charge in [0, 0.05) is 12.7 Å². The Morgan fingerprint density at radius 3 is 2.91 bits per heavy atom. The number of ether oxygens (including phenoxy) is 2. The quantitative estimate of drug-likeness (QED) is 0.804. The van der Waals surface area contributed by atoms with E-state index in [9.17, 15) is 9.18 Å². The molecule has 0 unspecified atom stereocenters. The number of hydrogen-bond acceptors (Lipinski definition) is 4. The standard InChI is InChI=1S/C16H23FN2O3/c1-11-8-13(14(17)18-9-11)21-10-12-6-5-7-19(12)15(20)22-16(2,3)4/h8-9,12H,5-7,10H2,1-4H3/t12-/m0/s1. The summed E-state index contributed by atoms with van der Waals surface area (Å²) in [5.41, 5.74) is 0.296. The van der Waals surface area contributed by atoms with Crippen LogP contribution >= 0.6 is 0 Å². The summed E-state index contributed by atoms with van der Waals surface area (Å²) < 4.78 is 24.5. The summed E-state index contributed by atoms with van der Waals surface area (Å²) in [5.74, 6) is -0.511. The second kappa shape index (κ2) is 6.50. The summed E-state index contributed by atoms with van der Waals surface area (Å²) in [7, 11) is 0. The number of aromatic nitrogens is 1. The van der Waals surface area contributed by atoms with Crippen molar-refractivity contribution in [2.75, 3.05) is 13.2 Å². The summed E-state index contributed by atoms with van der Waals surface area (Å²) >= 11 is 0. The SMILES string of the molecule is Cc1cnc(F)c(OC[C@@H]2CCCN2C(=O)OC(C)(C)C)c1. The molecule has 6 heteroatoms. The molecule has 1 saturated heterocycles. The first kappa shape index (κ1) is 16.5. The smallest absolute Gasteiger partial charge is 0.410 e. The second-order valence-electron chi connectivity index (χ2n) is 6.58. The molecule has 0 N–H and O–H groups in total. The molecular formula is C16H23FN2O3. The zero-order valence-corrected chi connectivity index (χ0v) is 13.6. The molecular weight excluding hydrogens is 287 g/mol. The molecule has 0 aliphatic carbocycles. The van der Waals surface area contributed by atoms with Gasteiger partial charge in [-0.3, -0.25) is 0 Å². The van der Waals surface area contributed by atoms with E-state index in [0.717, 1.165) is 18.4 Å². The Morgan fingerprint density at radius 2 is 2.23 bits per heavy atom. The van der Waals surface area contributed by atoms with Crippen LogP contribution in [0.5, 0.6) is 5.75 Å². The van der Waals surface area contributed by atoms with Gasteiger partial charge >= 0.3 is 6.09 Å². The third kappa shape index (κ3) is 4.32. The number of likely N-dealkylation sites (tertiary alicyclic amines) is 1. The minimum atomic E-state index is -0.632. The number of pyridine rings is 1. The zero-order valence-electron chi connectivity index (χ0n) is 13.6. The van der Waals surface area contributed by atoms with Crippen LogP contribution in [-0.2, 0) is 4.74 Å². The monoisotopic (exact) mass is 310 g/mol. The lowest BCUT2D eigenvalue weighted by molar-refractivity contribution is 0.0186. The fourth-order valence-corrected chi connectivity index (χ4v) is 2.38. The van der Waals surface area contributed by atoms with Gasteiger partial charge in [0.05, 0.1) is 6.04 Å². The van der Waals surface area contributed by atoms with Crippen LogP contribution in [0.2, 0.25) is 0 Å². The molecule has 5 nitrogen and oxygen atoms in total. The lowest BCUT2D eigenvalue weighted by atomic mass is 10.2. The van der Waals surface area contributed by atoms with Crippen LogP contribution in [0, 0.1) is 12.9 Å². The fraction of sp³-hybridized carbons (Fsp3) is 0.625. The summed E-state index contributed by atoms with van der Waals surface area (Å²) in [5, 5.41) is 0. The van der Waals surface area contributed by atoms with Gasteiger partial charge in [-0.15, -0.1) is 0 Å². The van der Waals surface area contributed by atoms with Gasteiger partial charge in [-0.2, -0.15) is 4.39 Å². The molecule has 1 aliphatic heterocycles. The average molecular weight is 310 g/mol. The molecule has 2 rings (SSSR count). The van der Waals surface area contributed by atoms with E-state index in [1.165, 1.54) is 6.20 Å². The number of hydrogen-bond donors (Lipinski definition) is 0. The predicted octanol–water partition coefficient (Wildman–Crippen LogP) is 3.31. The number of aryl methyl sites for hydroxylation is 1. The third-order valence-corrected chi connectivity index (χ3v) is 3.38. The lowest BCUT2D eigenvalue weighted by Gasteiger charge is -2.28. The van der Waals surface area contributed by atoms with Crippen molar-refractivity contribution in [3.05, 3.63) is 23.8 Å². The number of halogens is 1. The van der Waals surface area contributed by atoms with Crippen LogP contribution in [0.4, 0.5) is 9.18 Å². The van der Waals surface area contributed by atoms with Crippen LogP contribution in [0.25, 0.3) is 0 Å². The van der Waals surface area contributed by atoms with Gasteiger partial charge in [-0.05, 0) is 52.2 Å². The van der Waals surface area contributed by atoms with E-state index in [4.69, 9.17) is 9.47 Å². The molecule has 1 amide bonds. The summed E-state index contributed by atoms with van der Waals surface area (Å²) in [6, 6.07) is 1.50. The molecule has 2 heterocycles. The van der Waals surface area contributed by atoms with Crippen molar-refractivity contribution in [1.29, 1.82) is 0 Å². The van der Waals surface area contributed by atoms with E-state index >= 15 is 0 Å². The van der Waals surface area contributed by atoms with Crippen molar-refractivity contribution in [3.63, 3.8) is 0 Å². The fourth-order valence-electron chi connectivity index (χ4n) is 2.38. The predicted molar refractivity (Wildman–Crippen MR) is 80.4 cm³/mol. The number of rotatable bonds is 3. The van der Waals surface area contributed by atoms with Gasteiger partial charge < -0.3 is 14.4 Å². The van der Waals surface area contributed by atoms with E-state index in [2.05, 4.69) is 4.98 Å². The highest BCUT2D eigenvalue weighted by atomic mass is 19.1. The van der Waals surface area contributed by atoms with Gasteiger partial charge in [0.2, 0.25) is 0 Å². The first-order valence-corrected chi connectivity index (χ1v) is 7.51. The summed E-state index contributed by atoms with van der Waals surface area (Å²) in [6.45, 7) is 8.20. The molecule has 0 radical (unpaired) electrons. The van der Waals surface area contributed by atoms with E-state index in [1.807, 2.05) is 27.7 Å². The van der Waals surface area contributed by atoms with Crippen molar-refractivity contribution in [3.8, 4) is 5.75 Å². The van der Waals surface area contributed by atoms with E-state index < -0.39 is 11.5 Å². The molecule has 1 aromatic heterocycles. The molecule has 0 saturated carbocycles. The number of carbonyl (C=O) groups is 1. The van der Waals surface area contributed by atoms with Gasteiger partial charge in [0.15, 0.2) is 5.75 Å². The number of nitrogens with zero attached hydrogens (tertiary/aromatic N) is 2. The normalized spacial score (nSPS) is 18.4. The second-order valence-corrected chi connectivity index (χ2v) is 6.58. The van der Waals surface area contributed by atoms with E-state index in [0.29, 0.717) is 6.54 Å². The molecule has 1 fully saturated rings. The molecule has 22 heavy (non-hydrogen) atoms. The van der Waals surface area contributed by atoms with Crippen LogP contribution in [0.1, 0.15) is 39.2 Å². The minimum Gasteiger partial charge on any atom is -0.487 e. The molecule has 1 aliphatic rings. The minimum absolute atomic E-state index is 0.102. The molecule has 0 spiro atoms. The first-order valence-electron chi connectivity index (χ1n) is 7.51. The van der Waals surface area contributed by atoms with Gasteiger partial charge in [0.1, 0.15) is 12.2 Å². The van der Waals surface area contributed by atoms with Crippen molar-refractivity contribution >= 4 is 6.09 Å². The summed E-state index contributed by atoms with van der Waals surface area (Å²) in [4.78, 5) is 17.5. The van der Waals surface area contributed by atoms with Crippen LogP contribution < -0.4 is 4.74 Å². The first-order chi connectivity index (χ1) is 10.3. The Morgan fingerprint density at radius 1 is 1.50 bits per heavy atom. The Bertz CT molecular complexity index is 543. The maximum absolute atomic E-state index is 13.6. The third-order valence-electron chi connectivity index (χ3n) is 3.38. The molecule has 0 bridgehead atoms. The van der Waals surface area contributed by atoms with Gasteiger partial charge in [-0.1, -0.05) is 0 Å². The molecule has 1 aromatic rings. The van der Waals surface area contributed by atoms with Crippen molar-refractivity contribution in [2.45, 2.75) is 52.2 Å². The number of amides is 1. The van der Waals surface area contributed by atoms with Crippen LogP contribution in [0.3, 0.4) is 0 Å². The molecule has 1 atom stereocenters. The Kier molecular flexibility index (Phi) is 4.88.